The molecule has 2 heterocycles. The lowest BCUT2D eigenvalue weighted by atomic mass is 9.78. The van der Waals surface area contributed by atoms with Crippen molar-refractivity contribution < 1.29 is 18.1 Å². The Bertz CT molecular complexity index is 2080. The molecule has 0 saturated heterocycles. The topological polar surface area (TPSA) is 97.6 Å². The minimum Gasteiger partial charge on any atom is -0.469 e. The summed E-state index contributed by atoms with van der Waals surface area (Å²) >= 11 is 0. The standard InChI is InChI=1S/C39H38FN5O3S/c1-38(2)25-45-36(48-38)34(24-41-45)49(47,43-37(46)42-35-32-20-12-13-26(32)21-27-22-31(40)23-33(27)35)44-39(28-14-6-3-7-15-28,29-16-8-4-9-17-29)30-18-10-5-11-19-30/h3-11,14-19,21,24,31H,12-13,20,22-23,25H2,1-2H3,(H2,42,43,44,46,47)/t31-,49+/m1/s1. The monoisotopic (exact) mass is 675 g/mol. The highest BCUT2D eigenvalue weighted by molar-refractivity contribution is 7.92. The number of hydrogen-bond donors (Lipinski definition) is 2. The van der Waals surface area contributed by atoms with Crippen LogP contribution in [0.15, 0.2) is 113 Å². The third-order valence-electron chi connectivity index (χ3n) is 9.74. The number of aryl methyl sites for hydroxylation is 1. The molecule has 8 rings (SSSR count). The van der Waals surface area contributed by atoms with Crippen LogP contribution in [-0.2, 0) is 47.7 Å². The highest BCUT2D eigenvalue weighted by Gasteiger charge is 2.42. The second-order valence-electron chi connectivity index (χ2n) is 13.7. The van der Waals surface area contributed by atoms with Gasteiger partial charge in [-0.1, -0.05) is 97.1 Å². The molecule has 0 unspecified atom stereocenters. The van der Waals surface area contributed by atoms with Gasteiger partial charge in [0.1, 0.15) is 22.2 Å². The molecule has 0 bridgehead atoms. The summed E-state index contributed by atoms with van der Waals surface area (Å²) in [5.74, 6) is 0.295. The molecule has 0 saturated carbocycles. The number of aromatic nitrogens is 2. The van der Waals surface area contributed by atoms with Gasteiger partial charge >= 0.3 is 6.03 Å². The number of alkyl halides is 1. The van der Waals surface area contributed by atoms with Crippen molar-refractivity contribution >= 4 is 21.6 Å². The molecule has 1 aromatic heterocycles. The summed E-state index contributed by atoms with van der Waals surface area (Å²) in [6.07, 6.45) is 3.67. The molecule has 4 aromatic carbocycles. The number of carbonyl (C=O) groups excluding carboxylic acids is 1. The maximum Gasteiger partial charge on any atom is 0.331 e. The van der Waals surface area contributed by atoms with E-state index in [0.29, 0.717) is 24.5 Å². The Balaban J connectivity index is 1.34. The van der Waals surface area contributed by atoms with Crippen LogP contribution in [0.4, 0.5) is 14.9 Å². The lowest BCUT2D eigenvalue weighted by Gasteiger charge is -2.33. The first-order valence-electron chi connectivity index (χ1n) is 16.7. The van der Waals surface area contributed by atoms with Crippen molar-refractivity contribution in [3.05, 3.63) is 142 Å². The molecule has 3 aliphatic rings. The van der Waals surface area contributed by atoms with Crippen LogP contribution in [0, 0.1) is 0 Å². The number of anilines is 1. The number of amides is 2. The Morgan fingerprint density at radius 1 is 0.918 bits per heavy atom. The molecule has 8 nitrogen and oxygen atoms in total. The van der Waals surface area contributed by atoms with Crippen LogP contribution in [0.2, 0.25) is 0 Å². The number of nitrogens with one attached hydrogen (secondary N) is 2. The number of hydrogen-bond acceptors (Lipinski definition) is 5. The molecule has 2 atom stereocenters. The second kappa shape index (κ2) is 11.9. The number of benzene rings is 4. The van der Waals surface area contributed by atoms with Gasteiger partial charge in [-0.3, -0.25) is 0 Å². The van der Waals surface area contributed by atoms with Crippen LogP contribution in [0.3, 0.4) is 0 Å². The number of nitrogens with zero attached hydrogens (tertiary/aromatic N) is 3. The smallest absolute Gasteiger partial charge is 0.331 e. The molecule has 0 spiro atoms. The molecule has 2 N–H and O–H groups in total. The molecular formula is C39H38FN5O3S. The first-order valence-corrected chi connectivity index (χ1v) is 18.3. The number of carbonyl (C=O) groups is 1. The zero-order chi connectivity index (χ0) is 33.8. The number of urea groups is 1. The predicted molar refractivity (Wildman–Crippen MR) is 188 cm³/mol. The quantitative estimate of drug-likeness (QED) is 0.174. The number of rotatable bonds is 7. The lowest BCUT2D eigenvalue weighted by Crippen LogP contribution is -2.38. The normalized spacial score (nSPS) is 18.5. The molecule has 1 aliphatic heterocycles. The van der Waals surface area contributed by atoms with Gasteiger partial charge in [0.05, 0.1) is 12.7 Å². The Hall–Kier alpha value is -4.96. The van der Waals surface area contributed by atoms with Gasteiger partial charge in [0.15, 0.2) is 9.92 Å². The van der Waals surface area contributed by atoms with Crippen LogP contribution >= 0.6 is 0 Å². The summed E-state index contributed by atoms with van der Waals surface area (Å²) in [6.45, 7) is 4.31. The van der Waals surface area contributed by atoms with E-state index in [2.05, 4.69) is 21.2 Å². The Kier molecular flexibility index (Phi) is 7.59. The fourth-order valence-corrected chi connectivity index (χ4v) is 9.48. The maximum atomic E-state index is 15.9. The average molecular weight is 676 g/mol. The van der Waals surface area contributed by atoms with Crippen LogP contribution in [-0.4, -0.2) is 31.8 Å². The summed E-state index contributed by atoms with van der Waals surface area (Å²) in [5, 5.41) is 7.59. The maximum absolute atomic E-state index is 15.9. The van der Waals surface area contributed by atoms with E-state index in [9.17, 15) is 9.18 Å². The van der Waals surface area contributed by atoms with Crippen LogP contribution in [0.25, 0.3) is 0 Å². The molecule has 49 heavy (non-hydrogen) atoms. The summed E-state index contributed by atoms with van der Waals surface area (Å²) < 4.78 is 46.8. The van der Waals surface area contributed by atoms with Crippen LogP contribution in [0.5, 0.6) is 5.88 Å². The van der Waals surface area contributed by atoms with E-state index in [0.717, 1.165) is 58.2 Å². The van der Waals surface area contributed by atoms with Crippen molar-refractivity contribution in [2.75, 3.05) is 5.32 Å². The predicted octanol–water partition coefficient (Wildman–Crippen LogP) is 7.54. The van der Waals surface area contributed by atoms with E-state index in [1.807, 2.05) is 105 Å². The average Bonchev–Trinajstić information content (AvgIpc) is 3.87. The van der Waals surface area contributed by atoms with Gasteiger partial charge < -0.3 is 10.1 Å². The molecule has 10 heteroatoms. The van der Waals surface area contributed by atoms with Gasteiger partial charge in [0.2, 0.25) is 5.88 Å². The van der Waals surface area contributed by atoms with Gasteiger partial charge in [0.25, 0.3) is 0 Å². The molecule has 250 valence electrons. The summed E-state index contributed by atoms with van der Waals surface area (Å²) in [4.78, 5) is 14.5. The second-order valence-corrected chi connectivity index (χ2v) is 15.6. The Labute approximate surface area is 286 Å². The van der Waals surface area contributed by atoms with Gasteiger partial charge in [-0.25, -0.2) is 22.8 Å². The summed E-state index contributed by atoms with van der Waals surface area (Å²) in [6, 6.07) is 30.4. The van der Waals surface area contributed by atoms with E-state index in [-0.39, 0.29) is 11.3 Å². The molecule has 5 aromatic rings. The molecular weight excluding hydrogens is 638 g/mol. The third kappa shape index (κ3) is 5.48. The minimum atomic E-state index is -3.88. The Morgan fingerprint density at radius 2 is 1.53 bits per heavy atom. The van der Waals surface area contributed by atoms with E-state index < -0.39 is 33.3 Å². The highest BCUT2D eigenvalue weighted by Crippen LogP contribution is 2.44. The van der Waals surface area contributed by atoms with Crippen LogP contribution in [0.1, 0.15) is 59.2 Å². The molecule has 2 amide bonds. The van der Waals surface area contributed by atoms with Gasteiger partial charge in [-0.15, -0.1) is 0 Å². The van der Waals surface area contributed by atoms with Crippen molar-refractivity contribution in [3.63, 3.8) is 0 Å². The Morgan fingerprint density at radius 3 is 2.14 bits per heavy atom. The number of ether oxygens (including phenoxy) is 1. The fourth-order valence-electron chi connectivity index (χ4n) is 7.65. The van der Waals surface area contributed by atoms with Crippen molar-refractivity contribution in [1.82, 2.24) is 14.5 Å². The zero-order valence-corrected chi connectivity index (χ0v) is 28.3. The lowest BCUT2D eigenvalue weighted by molar-refractivity contribution is 0.132. The fraction of sp³-hybridized carbons (Fsp3) is 0.282. The largest absolute Gasteiger partial charge is 0.469 e. The van der Waals surface area contributed by atoms with Crippen molar-refractivity contribution in [1.29, 1.82) is 0 Å². The first kappa shape index (κ1) is 31.3. The number of halogens is 1. The summed E-state index contributed by atoms with van der Waals surface area (Å²) in [7, 11) is -3.88. The van der Waals surface area contributed by atoms with Crippen LogP contribution < -0.4 is 14.8 Å². The summed E-state index contributed by atoms with van der Waals surface area (Å²) in [5.41, 5.74) is 4.89. The molecule has 2 aliphatic carbocycles. The third-order valence-corrected chi connectivity index (χ3v) is 11.6. The van der Waals surface area contributed by atoms with Crippen molar-refractivity contribution in [2.45, 2.75) is 74.7 Å². The first-order chi connectivity index (χ1) is 23.7. The molecule has 0 radical (unpaired) electrons. The van der Waals surface area contributed by atoms with Gasteiger partial charge in [-0.2, -0.15) is 9.46 Å². The van der Waals surface area contributed by atoms with E-state index >= 15 is 4.21 Å². The van der Waals surface area contributed by atoms with Crippen molar-refractivity contribution in [2.24, 2.45) is 4.36 Å². The molecule has 0 fully saturated rings. The van der Waals surface area contributed by atoms with E-state index in [1.165, 1.54) is 6.20 Å². The van der Waals surface area contributed by atoms with Crippen molar-refractivity contribution in [3.8, 4) is 5.88 Å². The number of fused-ring (bicyclic) bond motifs is 3. The SMILES string of the molecule is CC1(C)Cn2ncc([S@@](=O)(=NC(c3ccccc3)(c3ccccc3)c3ccccc3)NC(=O)Nc3c4c(cc5c3C[C@H](F)C5)CCC4)c2O1. The zero-order valence-electron chi connectivity index (χ0n) is 27.5. The van der Waals surface area contributed by atoms with Gasteiger partial charge in [0, 0.05) is 18.5 Å². The van der Waals surface area contributed by atoms with Gasteiger partial charge in [-0.05, 0) is 72.1 Å². The van der Waals surface area contributed by atoms with E-state index in [1.54, 1.807) is 4.68 Å². The highest BCUT2D eigenvalue weighted by atomic mass is 32.2. The minimum absolute atomic E-state index is 0.174. The van der Waals surface area contributed by atoms with E-state index in [4.69, 9.17) is 9.10 Å².